The predicted molar refractivity (Wildman–Crippen MR) is 104 cm³/mol. The number of ether oxygens (including phenoxy) is 1. The summed E-state index contributed by atoms with van der Waals surface area (Å²) >= 11 is 0. The van der Waals surface area contributed by atoms with E-state index in [1.54, 1.807) is 11.1 Å². The number of amides is 1. The van der Waals surface area contributed by atoms with E-state index >= 15 is 0 Å². The molecule has 0 bridgehead atoms. The van der Waals surface area contributed by atoms with E-state index in [1.165, 1.54) is 0 Å². The van der Waals surface area contributed by atoms with Crippen LogP contribution >= 0.6 is 0 Å². The van der Waals surface area contributed by atoms with Gasteiger partial charge in [0.15, 0.2) is 5.65 Å². The van der Waals surface area contributed by atoms with Crippen LogP contribution in [0.25, 0.3) is 11.2 Å². The molecule has 7 nitrogen and oxygen atoms in total. The molecular formula is C21H24N4O3. The quantitative estimate of drug-likeness (QED) is 0.736. The third kappa shape index (κ3) is 3.99. The van der Waals surface area contributed by atoms with Crippen LogP contribution < -0.4 is 0 Å². The van der Waals surface area contributed by atoms with E-state index in [4.69, 9.17) is 4.74 Å². The summed E-state index contributed by atoms with van der Waals surface area (Å²) in [4.78, 5) is 23.1. The van der Waals surface area contributed by atoms with Gasteiger partial charge in [-0.15, -0.1) is 0 Å². The van der Waals surface area contributed by atoms with Crippen molar-refractivity contribution >= 4 is 17.3 Å². The Morgan fingerprint density at radius 2 is 2.07 bits per heavy atom. The number of aromatic nitrogens is 3. The van der Waals surface area contributed by atoms with Crippen molar-refractivity contribution in [3.8, 4) is 0 Å². The van der Waals surface area contributed by atoms with Crippen LogP contribution in [0.4, 0.5) is 4.79 Å². The minimum absolute atomic E-state index is 0.133. The van der Waals surface area contributed by atoms with E-state index < -0.39 is 0 Å². The van der Waals surface area contributed by atoms with Gasteiger partial charge in [0, 0.05) is 25.8 Å². The van der Waals surface area contributed by atoms with Gasteiger partial charge in [0.2, 0.25) is 0 Å². The van der Waals surface area contributed by atoms with Crippen LogP contribution in [0, 0.1) is 5.92 Å². The molecule has 0 saturated carbocycles. The molecule has 146 valence electrons. The molecule has 1 saturated heterocycles. The van der Waals surface area contributed by atoms with Gasteiger partial charge in [-0.2, -0.15) is 0 Å². The van der Waals surface area contributed by atoms with Crippen molar-refractivity contribution in [2.75, 3.05) is 13.1 Å². The lowest BCUT2D eigenvalue weighted by molar-refractivity contribution is 0.0767. The number of fused-ring (bicyclic) bond motifs is 1. The first-order chi connectivity index (χ1) is 13.7. The summed E-state index contributed by atoms with van der Waals surface area (Å²) in [5.74, 6) is 0.875. The Morgan fingerprint density at radius 1 is 1.21 bits per heavy atom. The second-order valence-electron chi connectivity index (χ2n) is 7.14. The molecule has 3 heterocycles. The monoisotopic (exact) mass is 380 g/mol. The fraction of sp³-hybridized carbons (Fsp3) is 0.381. The normalized spacial score (nSPS) is 17.0. The molecular weight excluding hydrogens is 356 g/mol. The van der Waals surface area contributed by atoms with Gasteiger partial charge in [0.25, 0.3) is 0 Å². The predicted octanol–water partition coefficient (Wildman–Crippen LogP) is 2.97. The molecule has 1 atom stereocenters. The van der Waals surface area contributed by atoms with Gasteiger partial charge in [0.1, 0.15) is 24.6 Å². The SMILES string of the molecule is O=C(OCc1ccccc1)N1CCC[C@H](Cn2c(CO)nc3cccnc32)C1. The summed E-state index contributed by atoms with van der Waals surface area (Å²) in [6.45, 7) is 2.16. The highest BCUT2D eigenvalue weighted by atomic mass is 16.6. The van der Waals surface area contributed by atoms with E-state index in [-0.39, 0.29) is 25.2 Å². The highest BCUT2D eigenvalue weighted by molar-refractivity contribution is 5.71. The first kappa shape index (κ1) is 18.4. The van der Waals surface area contributed by atoms with Crippen LogP contribution in [0.15, 0.2) is 48.7 Å². The second-order valence-corrected chi connectivity index (χ2v) is 7.14. The fourth-order valence-corrected chi connectivity index (χ4v) is 3.77. The zero-order valence-electron chi connectivity index (χ0n) is 15.7. The molecule has 1 amide bonds. The molecule has 7 heteroatoms. The number of aliphatic hydroxyl groups is 1. The van der Waals surface area contributed by atoms with Crippen molar-refractivity contribution < 1.29 is 14.6 Å². The minimum Gasteiger partial charge on any atom is -0.445 e. The maximum Gasteiger partial charge on any atom is 0.410 e. The van der Waals surface area contributed by atoms with Crippen molar-refractivity contribution in [3.05, 3.63) is 60.0 Å². The average molecular weight is 380 g/mol. The number of imidazole rings is 1. The van der Waals surface area contributed by atoms with Crippen molar-refractivity contribution in [2.24, 2.45) is 5.92 Å². The molecule has 4 rings (SSSR count). The maximum absolute atomic E-state index is 12.5. The third-order valence-electron chi connectivity index (χ3n) is 5.15. The number of aliphatic hydroxyl groups excluding tert-OH is 1. The van der Waals surface area contributed by atoms with Gasteiger partial charge >= 0.3 is 6.09 Å². The number of carbonyl (C=O) groups excluding carboxylic acids is 1. The number of nitrogens with zero attached hydrogens (tertiary/aromatic N) is 4. The zero-order valence-corrected chi connectivity index (χ0v) is 15.7. The topological polar surface area (TPSA) is 80.5 Å². The summed E-state index contributed by atoms with van der Waals surface area (Å²) in [7, 11) is 0. The number of hydrogen-bond acceptors (Lipinski definition) is 5. The van der Waals surface area contributed by atoms with Gasteiger partial charge in [-0.25, -0.2) is 14.8 Å². The number of carbonyl (C=O) groups is 1. The Balaban J connectivity index is 1.41. The number of hydrogen-bond donors (Lipinski definition) is 1. The first-order valence-electron chi connectivity index (χ1n) is 9.61. The molecule has 28 heavy (non-hydrogen) atoms. The first-order valence-corrected chi connectivity index (χ1v) is 9.61. The molecule has 0 radical (unpaired) electrons. The molecule has 0 aliphatic carbocycles. The van der Waals surface area contributed by atoms with Crippen LogP contribution in [-0.4, -0.2) is 43.7 Å². The summed E-state index contributed by atoms with van der Waals surface area (Å²) in [5.41, 5.74) is 2.53. The fourth-order valence-electron chi connectivity index (χ4n) is 3.77. The summed E-state index contributed by atoms with van der Waals surface area (Å²) in [6.07, 6.45) is 3.40. The molecule has 1 aromatic carbocycles. The van der Waals surface area contributed by atoms with E-state index in [9.17, 15) is 9.90 Å². The van der Waals surface area contributed by atoms with Crippen molar-refractivity contribution in [3.63, 3.8) is 0 Å². The lowest BCUT2D eigenvalue weighted by Gasteiger charge is -2.32. The van der Waals surface area contributed by atoms with E-state index in [0.29, 0.717) is 25.5 Å². The number of rotatable bonds is 5. The number of benzene rings is 1. The standard InChI is InChI=1S/C21H24N4O3/c26-14-19-23-18-9-4-10-22-20(18)25(19)13-17-8-5-11-24(12-17)21(27)28-15-16-6-2-1-3-7-16/h1-4,6-7,9-10,17,26H,5,8,11-15H2/t17-/m0/s1. The lowest BCUT2D eigenvalue weighted by Crippen LogP contribution is -2.41. The van der Waals surface area contributed by atoms with Crippen LogP contribution in [0.1, 0.15) is 24.2 Å². The van der Waals surface area contributed by atoms with Gasteiger partial charge in [-0.3, -0.25) is 0 Å². The number of pyridine rings is 1. The van der Waals surface area contributed by atoms with E-state index in [0.717, 1.165) is 29.6 Å². The summed E-state index contributed by atoms with van der Waals surface area (Å²) < 4.78 is 7.45. The molecule has 0 spiro atoms. The molecule has 1 N–H and O–H groups in total. The van der Waals surface area contributed by atoms with Crippen LogP contribution in [0.3, 0.4) is 0 Å². The average Bonchev–Trinajstić information content (AvgIpc) is 3.10. The van der Waals surface area contributed by atoms with Crippen molar-refractivity contribution in [2.45, 2.75) is 32.6 Å². The Morgan fingerprint density at radius 3 is 2.89 bits per heavy atom. The smallest absolute Gasteiger partial charge is 0.410 e. The van der Waals surface area contributed by atoms with Crippen LogP contribution in [0.5, 0.6) is 0 Å². The minimum atomic E-state index is -0.274. The molecule has 1 aliphatic rings. The van der Waals surface area contributed by atoms with Crippen molar-refractivity contribution in [1.82, 2.24) is 19.4 Å². The highest BCUT2D eigenvalue weighted by Gasteiger charge is 2.26. The van der Waals surface area contributed by atoms with Crippen LogP contribution in [0.2, 0.25) is 0 Å². The van der Waals surface area contributed by atoms with E-state index in [1.807, 2.05) is 47.0 Å². The van der Waals surface area contributed by atoms with Gasteiger partial charge in [-0.05, 0) is 36.5 Å². The van der Waals surface area contributed by atoms with Crippen molar-refractivity contribution in [1.29, 1.82) is 0 Å². The lowest BCUT2D eigenvalue weighted by atomic mass is 9.98. The molecule has 2 aromatic heterocycles. The molecule has 0 unspecified atom stereocenters. The van der Waals surface area contributed by atoms with E-state index in [2.05, 4.69) is 9.97 Å². The van der Waals surface area contributed by atoms with Gasteiger partial charge in [0.05, 0.1) is 0 Å². The van der Waals surface area contributed by atoms with Gasteiger partial charge < -0.3 is 19.3 Å². The third-order valence-corrected chi connectivity index (χ3v) is 5.15. The molecule has 1 fully saturated rings. The Hall–Kier alpha value is -2.93. The molecule has 1 aliphatic heterocycles. The molecule has 3 aromatic rings. The van der Waals surface area contributed by atoms with Gasteiger partial charge in [-0.1, -0.05) is 30.3 Å². The Bertz CT molecular complexity index is 941. The summed E-state index contributed by atoms with van der Waals surface area (Å²) in [6, 6.07) is 13.4. The maximum atomic E-state index is 12.5. The zero-order chi connectivity index (χ0) is 19.3. The Labute approximate surface area is 163 Å². The van der Waals surface area contributed by atoms with Crippen LogP contribution in [-0.2, 0) is 24.5 Å². The Kier molecular flexibility index (Phi) is 5.53. The highest BCUT2D eigenvalue weighted by Crippen LogP contribution is 2.23. The summed E-state index contributed by atoms with van der Waals surface area (Å²) in [5, 5.41) is 9.67. The largest absolute Gasteiger partial charge is 0.445 e. The number of piperidine rings is 1. The second kappa shape index (κ2) is 8.39. The number of likely N-dealkylation sites (tertiary alicyclic amines) is 1.